The summed E-state index contributed by atoms with van der Waals surface area (Å²) in [4.78, 5) is 4.18. The number of ether oxygens (including phenoxy) is 1. The van der Waals surface area contributed by atoms with Crippen molar-refractivity contribution in [3.8, 4) is 5.75 Å². The molecular weight excluding hydrogens is 256 g/mol. The van der Waals surface area contributed by atoms with E-state index in [0.717, 1.165) is 5.56 Å². The molecule has 0 saturated carbocycles. The summed E-state index contributed by atoms with van der Waals surface area (Å²) in [6.07, 6.45) is 2.79. The van der Waals surface area contributed by atoms with Crippen LogP contribution in [0.25, 0.3) is 0 Å². The van der Waals surface area contributed by atoms with Gasteiger partial charge in [0.2, 0.25) is 0 Å². The smallest absolute Gasteiger partial charge is 0.150 e. The lowest BCUT2D eigenvalue weighted by atomic mass is 10.1. The molecule has 0 aliphatic heterocycles. The van der Waals surface area contributed by atoms with Gasteiger partial charge in [-0.15, -0.1) is 0 Å². The zero-order valence-electron chi connectivity index (χ0n) is 11.2. The lowest BCUT2D eigenvalue weighted by molar-refractivity contribution is 0.275. The van der Waals surface area contributed by atoms with Crippen LogP contribution in [0, 0.1) is 6.92 Å². The highest BCUT2D eigenvalue weighted by Crippen LogP contribution is 2.25. The first-order chi connectivity index (χ1) is 9.76. The maximum Gasteiger partial charge on any atom is 0.150 e. The minimum absolute atomic E-state index is 0.198. The Bertz CT molecular complexity index is 598. The molecule has 1 aromatic heterocycles. The van der Waals surface area contributed by atoms with Crippen molar-refractivity contribution in [2.45, 2.75) is 20.1 Å². The van der Waals surface area contributed by atoms with E-state index in [0.29, 0.717) is 29.2 Å². The van der Waals surface area contributed by atoms with Crippen LogP contribution in [0.15, 0.2) is 41.7 Å². The van der Waals surface area contributed by atoms with E-state index >= 15 is 0 Å². The molecule has 104 valence electrons. The molecule has 0 aliphatic carbocycles. The molecule has 0 radical (unpaired) electrons. The Morgan fingerprint density at radius 3 is 2.70 bits per heavy atom. The number of benzene rings is 1. The second-order valence-electron chi connectivity index (χ2n) is 4.29. The van der Waals surface area contributed by atoms with Gasteiger partial charge >= 0.3 is 0 Å². The van der Waals surface area contributed by atoms with Crippen LogP contribution < -0.4 is 4.74 Å². The molecule has 0 fully saturated rings. The Morgan fingerprint density at radius 2 is 2.05 bits per heavy atom. The summed E-state index contributed by atoms with van der Waals surface area (Å²) in [6, 6.07) is 9.72. The van der Waals surface area contributed by atoms with Gasteiger partial charge in [0.25, 0.3) is 0 Å². The minimum atomic E-state index is -0.198. The highest BCUT2D eigenvalue weighted by Gasteiger charge is 2.12. The van der Waals surface area contributed by atoms with Crippen LogP contribution in [0.5, 0.6) is 5.75 Å². The van der Waals surface area contributed by atoms with Crippen molar-refractivity contribution in [2.75, 3.05) is 0 Å². The van der Waals surface area contributed by atoms with Crippen molar-refractivity contribution >= 4 is 6.21 Å². The zero-order chi connectivity index (χ0) is 14.4. The van der Waals surface area contributed by atoms with Gasteiger partial charge < -0.3 is 15.1 Å². The molecule has 2 N–H and O–H groups in total. The fraction of sp³-hybridized carbons (Fsp3) is 0.200. The van der Waals surface area contributed by atoms with E-state index in [1.165, 1.54) is 6.21 Å². The van der Waals surface area contributed by atoms with Crippen LogP contribution in [0.4, 0.5) is 0 Å². The van der Waals surface area contributed by atoms with Crippen molar-refractivity contribution in [1.29, 1.82) is 0 Å². The molecule has 0 atom stereocenters. The number of oxime groups is 1. The van der Waals surface area contributed by atoms with Gasteiger partial charge in [0.05, 0.1) is 18.5 Å². The van der Waals surface area contributed by atoms with Gasteiger partial charge in [-0.25, -0.2) is 0 Å². The molecule has 1 aromatic carbocycles. The first-order valence-electron chi connectivity index (χ1n) is 6.19. The first kappa shape index (κ1) is 14.0. The van der Waals surface area contributed by atoms with E-state index < -0.39 is 0 Å². The number of rotatable bonds is 5. The van der Waals surface area contributed by atoms with Crippen LogP contribution in [-0.4, -0.2) is 21.5 Å². The van der Waals surface area contributed by atoms with E-state index in [9.17, 15) is 5.11 Å². The van der Waals surface area contributed by atoms with Crippen molar-refractivity contribution in [2.24, 2.45) is 5.16 Å². The second-order valence-corrected chi connectivity index (χ2v) is 4.29. The molecule has 5 heteroatoms. The number of aliphatic hydroxyl groups is 1. The predicted octanol–water partition coefficient (Wildman–Crippen LogP) is 2.27. The number of pyridine rings is 1. The van der Waals surface area contributed by atoms with Crippen molar-refractivity contribution in [1.82, 2.24) is 4.98 Å². The summed E-state index contributed by atoms with van der Waals surface area (Å²) in [6.45, 7) is 1.98. The van der Waals surface area contributed by atoms with Crippen molar-refractivity contribution in [3.05, 3.63) is 58.9 Å². The van der Waals surface area contributed by atoms with Crippen LogP contribution in [-0.2, 0) is 13.2 Å². The molecule has 20 heavy (non-hydrogen) atoms. The number of aliphatic hydroxyl groups excluding tert-OH is 1. The van der Waals surface area contributed by atoms with E-state index in [1.807, 2.05) is 30.3 Å². The average molecular weight is 272 g/mol. The molecule has 1 heterocycles. The number of hydrogen-bond acceptors (Lipinski definition) is 5. The Kier molecular flexibility index (Phi) is 4.68. The van der Waals surface area contributed by atoms with Crippen LogP contribution in [0.2, 0.25) is 0 Å². The largest absolute Gasteiger partial charge is 0.486 e. The number of aryl methyl sites for hydroxylation is 1. The van der Waals surface area contributed by atoms with E-state index in [-0.39, 0.29) is 6.61 Å². The Balaban J connectivity index is 2.30. The third-order valence-corrected chi connectivity index (χ3v) is 2.92. The molecule has 0 saturated heterocycles. The fourth-order valence-electron chi connectivity index (χ4n) is 1.88. The number of aromatic nitrogens is 1. The van der Waals surface area contributed by atoms with Gasteiger partial charge in [0, 0.05) is 17.3 Å². The average Bonchev–Trinajstić information content (AvgIpc) is 2.48. The maximum atomic E-state index is 9.31. The second kappa shape index (κ2) is 6.68. The molecule has 0 aliphatic rings. The Labute approximate surface area is 117 Å². The molecule has 0 unspecified atom stereocenters. The van der Waals surface area contributed by atoms with Crippen molar-refractivity contribution in [3.63, 3.8) is 0 Å². The van der Waals surface area contributed by atoms with Crippen molar-refractivity contribution < 1.29 is 15.1 Å². The molecule has 0 bridgehead atoms. The summed E-state index contributed by atoms with van der Waals surface area (Å²) in [7, 11) is 0. The van der Waals surface area contributed by atoms with Crippen LogP contribution >= 0.6 is 0 Å². The summed E-state index contributed by atoms with van der Waals surface area (Å²) in [5, 5.41) is 21.1. The normalized spacial score (nSPS) is 10.9. The standard InChI is InChI=1S/C15H16N2O3/c1-11-15(20-10-12-5-3-2-4-6-12)14(8-17-19)13(9-18)7-16-11/h2-8,18-19H,9-10H2,1H3/b17-8+. The molecule has 0 amide bonds. The first-order valence-corrected chi connectivity index (χ1v) is 6.19. The quantitative estimate of drug-likeness (QED) is 0.497. The minimum Gasteiger partial charge on any atom is -0.486 e. The van der Waals surface area contributed by atoms with Gasteiger partial charge in [-0.1, -0.05) is 35.5 Å². The molecule has 5 nitrogen and oxygen atoms in total. The van der Waals surface area contributed by atoms with Gasteiger partial charge in [0.15, 0.2) is 0 Å². The summed E-state index contributed by atoms with van der Waals surface area (Å²) in [5.41, 5.74) is 2.79. The van der Waals surface area contributed by atoms with Gasteiger partial charge in [0.1, 0.15) is 12.4 Å². The monoisotopic (exact) mass is 272 g/mol. The highest BCUT2D eigenvalue weighted by atomic mass is 16.5. The Hall–Kier alpha value is -2.40. The Morgan fingerprint density at radius 1 is 1.30 bits per heavy atom. The molecular formula is C15H16N2O3. The van der Waals surface area contributed by atoms with Crippen LogP contribution in [0.3, 0.4) is 0 Å². The fourth-order valence-corrected chi connectivity index (χ4v) is 1.88. The third-order valence-electron chi connectivity index (χ3n) is 2.92. The summed E-state index contributed by atoms with van der Waals surface area (Å²) in [5.74, 6) is 0.512. The highest BCUT2D eigenvalue weighted by molar-refractivity contribution is 5.85. The van der Waals surface area contributed by atoms with E-state index in [4.69, 9.17) is 9.94 Å². The van der Waals surface area contributed by atoms with E-state index in [1.54, 1.807) is 13.1 Å². The van der Waals surface area contributed by atoms with Gasteiger partial charge in [-0.3, -0.25) is 4.98 Å². The predicted molar refractivity (Wildman–Crippen MR) is 75.1 cm³/mol. The lowest BCUT2D eigenvalue weighted by Gasteiger charge is -2.13. The summed E-state index contributed by atoms with van der Waals surface area (Å²) >= 11 is 0. The van der Waals surface area contributed by atoms with Gasteiger partial charge in [-0.2, -0.15) is 0 Å². The van der Waals surface area contributed by atoms with Gasteiger partial charge in [-0.05, 0) is 12.5 Å². The zero-order valence-corrected chi connectivity index (χ0v) is 11.2. The molecule has 2 aromatic rings. The number of hydrogen-bond donors (Lipinski definition) is 2. The SMILES string of the molecule is Cc1ncc(CO)c(/C=N/O)c1OCc1ccccc1. The molecule has 2 rings (SSSR count). The molecule has 0 spiro atoms. The van der Waals surface area contributed by atoms with Crippen LogP contribution in [0.1, 0.15) is 22.4 Å². The summed E-state index contributed by atoms with van der Waals surface area (Å²) < 4.78 is 5.77. The third kappa shape index (κ3) is 3.13. The maximum absolute atomic E-state index is 9.31. The number of nitrogens with zero attached hydrogens (tertiary/aromatic N) is 2. The lowest BCUT2D eigenvalue weighted by Crippen LogP contribution is -2.05. The van der Waals surface area contributed by atoms with E-state index in [2.05, 4.69) is 10.1 Å². The topological polar surface area (TPSA) is 74.9 Å².